The highest BCUT2D eigenvalue weighted by Crippen LogP contribution is 2.22. The van der Waals surface area contributed by atoms with Crippen LogP contribution in [0, 0.1) is 0 Å². The van der Waals surface area contributed by atoms with E-state index in [1.54, 1.807) is 0 Å². The molecule has 4 nitrogen and oxygen atoms in total. The molecule has 1 aliphatic rings. The highest BCUT2D eigenvalue weighted by Gasteiger charge is 2.31. The molecule has 3 aromatic carbocycles. The fourth-order valence-electron chi connectivity index (χ4n) is 5.03. The van der Waals surface area contributed by atoms with Crippen molar-refractivity contribution in [2.75, 3.05) is 26.2 Å². The van der Waals surface area contributed by atoms with Gasteiger partial charge < -0.3 is 14.8 Å². The van der Waals surface area contributed by atoms with Gasteiger partial charge in [-0.15, -0.1) is 0 Å². The number of aromatic nitrogens is 1. The van der Waals surface area contributed by atoms with E-state index in [4.69, 9.17) is 11.6 Å². The minimum absolute atomic E-state index is 0.243. The number of H-pyrrole nitrogens is 1. The number of hydrogen-bond donors (Lipinski definition) is 2. The molecule has 1 aliphatic heterocycles. The zero-order valence-corrected chi connectivity index (χ0v) is 19.4. The Balaban J connectivity index is 1.24. The summed E-state index contributed by atoms with van der Waals surface area (Å²) < 4.78 is 0. The van der Waals surface area contributed by atoms with Crippen LogP contribution in [-0.2, 0) is 11.2 Å². The van der Waals surface area contributed by atoms with Crippen LogP contribution in [0.2, 0.25) is 5.02 Å². The van der Waals surface area contributed by atoms with E-state index in [-0.39, 0.29) is 11.9 Å². The predicted molar refractivity (Wildman–Crippen MR) is 134 cm³/mol. The van der Waals surface area contributed by atoms with Crippen molar-refractivity contribution in [2.45, 2.75) is 18.9 Å². The van der Waals surface area contributed by atoms with Crippen molar-refractivity contribution < 1.29 is 9.69 Å². The zero-order chi connectivity index (χ0) is 22.6. The maximum Gasteiger partial charge on any atom is 0.223 e. The highest BCUT2D eigenvalue weighted by molar-refractivity contribution is 6.30. The van der Waals surface area contributed by atoms with Crippen molar-refractivity contribution in [3.63, 3.8) is 0 Å². The van der Waals surface area contributed by atoms with Crippen molar-refractivity contribution in [3.05, 3.63) is 107 Å². The van der Waals surface area contributed by atoms with Gasteiger partial charge in [0.15, 0.2) is 0 Å². The summed E-state index contributed by atoms with van der Waals surface area (Å²) in [7, 11) is 0. The summed E-state index contributed by atoms with van der Waals surface area (Å²) in [5, 5.41) is 1.97. The molecule has 1 aromatic heterocycles. The predicted octanol–water partition coefficient (Wildman–Crippen LogP) is 4.27. The van der Waals surface area contributed by atoms with Gasteiger partial charge in [-0.25, -0.2) is 0 Å². The molecule has 0 saturated carbocycles. The van der Waals surface area contributed by atoms with E-state index >= 15 is 0 Å². The summed E-state index contributed by atoms with van der Waals surface area (Å²) >= 11 is 6.15. The molecule has 1 amide bonds. The Morgan fingerprint density at radius 1 is 0.909 bits per heavy atom. The first-order chi connectivity index (χ1) is 16.2. The van der Waals surface area contributed by atoms with E-state index < -0.39 is 0 Å². The molecule has 4 aromatic rings. The third-order valence-corrected chi connectivity index (χ3v) is 7.04. The van der Waals surface area contributed by atoms with Crippen molar-refractivity contribution in [3.8, 4) is 0 Å². The van der Waals surface area contributed by atoms with Gasteiger partial charge in [0.05, 0.1) is 26.2 Å². The number of para-hydroxylation sites is 1. The first-order valence-corrected chi connectivity index (χ1v) is 12.0. The number of nitrogens with zero attached hydrogens (tertiary/aromatic N) is 1. The summed E-state index contributed by atoms with van der Waals surface area (Å²) in [5.41, 5.74) is 4.91. The number of piperazine rings is 1. The first kappa shape index (κ1) is 21.7. The van der Waals surface area contributed by atoms with Gasteiger partial charge in [-0.3, -0.25) is 4.79 Å². The third-order valence-electron chi connectivity index (χ3n) is 6.79. The first-order valence-electron chi connectivity index (χ1n) is 11.7. The van der Waals surface area contributed by atoms with Crippen LogP contribution in [0.5, 0.6) is 0 Å². The number of aromatic amines is 1. The van der Waals surface area contributed by atoms with Gasteiger partial charge in [-0.05, 0) is 30.2 Å². The average molecular weight is 459 g/mol. The Hall–Kier alpha value is -3.08. The number of hydrogen-bond acceptors (Lipinski definition) is 1. The fraction of sp³-hybridized carbons (Fsp3) is 0.250. The summed E-state index contributed by atoms with van der Waals surface area (Å²) in [6, 6.07) is 27.4. The number of carbonyl (C=O) groups is 1. The molecule has 1 unspecified atom stereocenters. The Bertz CT molecular complexity index is 1210. The summed E-state index contributed by atoms with van der Waals surface area (Å²) in [4.78, 5) is 19.8. The van der Waals surface area contributed by atoms with Gasteiger partial charge in [0.1, 0.15) is 6.04 Å². The SMILES string of the molecule is O=C(CCc1c[nH]c2ccccc12)N1CC[NH+](C(c2ccccc2)c2ccc(Cl)cc2)CC1. The monoisotopic (exact) mass is 458 g/mol. The van der Waals surface area contributed by atoms with Crippen LogP contribution in [0.15, 0.2) is 85.1 Å². The number of halogens is 1. The smallest absolute Gasteiger partial charge is 0.223 e. The number of fused-ring (bicyclic) bond motifs is 1. The van der Waals surface area contributed by atoms with Crippen LogP contribution in [0.3, 0.4) is 0 Å². The Morgan fingerprint density at radius 3 is 2.33 bits per heavy atom. The minimum atomic E-state index is 0.243. The van der Waals surface area contributed by atoms with Gasteiger partial charge in [-0.1, -0.05) is 72.3 Å². The number of amides is 1. The van der Waals surface area contributed by atoms with Crippen LogP contribution in [-0.4, -0.2) is 42.0 Å². The lowest BCUT2D eigenvalue weighted by Gasteiger charge is -2.37. The molecule has 2 heterocycles. The average Bonchev–Trinajstić information content (AvgIpc) is 3.28. The van der Waals surface area contributed by atoms with Crippen LogP contribution in [0.25, 0.3) is 10.9 Å². The lowest BCUT2D eigenvalue weighted by Crippen LogP contribution is -3.15. The van der Waals surface area contributed by atoms with Gasteiger partial charge in [0.25, 0.3) is 0 Å². The fourth-order valence-corrected chi connectivity index (χ4v) is 5.16. The molecule has 2 N–H and O–H groups in total. The van der Waals surface area contributed by atoms with Crippen molar-refractivity contribution in [1.29, 1.82) is 0 Å². The zero-order valence-electron chi connectivity index (χ0n) is 18.6. The van der Waals surface area contributed by atoms with E-state index in [2.05, 4.69) is 59.6 Å². The van der Waals surface area contributed by atoms with Crippen molar-refractivity contribution in [1.82, 2.24) is 9.88 Å². The molecule has 1 atom stereocenters. The van der Waals surface area contributed by atoms with Gasteiger partial charge >= 0.3 is 0 Å². The maximum atomic E-state index is 13.0. The molecule has 168 valence electrons. The molecule has 0 aliphatic carbocycles. The minimum Gasteiger partial charge on any atom is -0.361 e. The lowest BCUT2D eigenvalue weighted by atomic mass is 9.96. The van der Waals surface area contributed by atoms with Crippen LogP contribution >= 0.6 is 11.6 Å². The highest BCUT2D eigenvalue weighted by atomic mass is 35.5. The second-order valence-corrected chi connectivity index (χ2v) is 9.23. The normalized spacial score (nSPS) is 15.6. The van der Waals surface area contributed by atoms with E-state index in [0.717, 1.165) is 43.1 Å². The van der Waals surface area contributed by atoms with E-state index in [9.17, 15) is 4.79 Å². The molecule has 5 heteroatoms. The maximum absolute atomic E-state index is 13.0. The Labute approximate surface area is 199 Å². The number of nitrogens with one attached hydrogen (secondary N) is 2. The number of quaternary nitrogens is 1. The molecule has 5 rings (SSSR count). The van der Waals surface area contributed by atoms with Gasteiger partial charge in [-0.2, -0.15) is 0 Å². The standard InChI is InChI=1S/C28H28ClN3O/c29-24-13-10-22(11-14-24)28(21-6-2-1-3-7-21)32-18-16-31(17-19-32)27(33)15-12-23-20-30-26-9-5-4-8-25(23)26/h1-11,13-14,20,28,30H,12,15-19H2/p+1. The second kappa shape index (κ2) is 9.82. The third kappa shape index (κ3) is 4.82. The summed E-state index contributed by atoms with van der Waals surface area (Å²) in [5.74, 6) is 0.252. The topological polar surface area (TPSA) is 40.5 Å². The Morgan fingerprint density at radius 2 is 1.58 bits per heavy atom. The largest absolute Gasteiger partial charge is 0.361 e. The number of rotatable bonds is 6. The number of carbonyl (C=O) groups excluding carboxylic acids is 1. The lowest BCUT2D eigenvalue weighted by molar-refractivity contribution is -0.929. The van der Waals surface area contributed by atoms with Crippen LogP contribution < -0.4 is 4.90 Å². The van der Waals surface area contributed by atoms with Crippen molar-refractivity contribution in [2.24, 2.45) is 0 Å². The quantitative estimate of drug-likeness (QED) is 0.445. The van der Waals surface area contributed by atoms with E-state index in [1.165, 1.54) is 27.0 Å². The molecule has 0 radical (unpaired) electrons. The molecule has 0 spiro atoms. The van der Waals surface area contributed by atoms with Gasteiger partial charge in [0, 0.05) is 39.7 Å². The number of benzene rings is 3. The molecule has 0 bridgehead atoms. The van der Waals surface area contributed by atoms with Crippen molar-refractivity contribution >= 4 is 28.4 Å². The summed E-state index contributed by atoms with van der Waals surface area (Å²) in [6.45, 7) is 3.44. The van der Waals surface area contributed by atoms with Crippen LogP contribution in [0.1, 0.15) is 29.2 Å². The Kier molecular flexibility index (Phi) is 6.47. The van der Waals surface area contributed by atoms with E-state index in [1.807, 2.05) is 35.4 Å². The van der Waals surface area contributed by atoms with Crippen LogP contribution in [0.4, 0.5) is 0 Å². The van der Waals surface area contributed by atoms with E-state index in [0.29, 0.717) is 6.42 Å². The number of aryl methyl sites for hydroxylation is 1. The molecule has 33 heavy (non-hydrogen) atoms. The van der Waals surface area contributed by atoms with Gasteiger partial charge in [0.2, 0.25) is 5.91 Å². The molecular formula is C28H29ClN3O+. The summed E-state index contributed by atoms with van der Waals surface area (Å²) in [6.07, 6.45) is 3.36. The molecular weight excluding hydrogens is 430 g/mol. The molecule has 1 fully saturated rings. The second-order valence-electron chi connectivity index (χ2n) is 8.79. The molecule has 1 saturated heterocycles.